The molecule has 5 nitrogen and oxygen atoms in total. The van der Waals surface area contributed by atoms with Crippen LogP contribution in [-0.4, -0.2) is 27.2 Å². The number of methoxy groups -OCH3 is 3. The van der Waals surface area contributed by atoms with Gasteiger partial charge in [0.05, 0.1) is 27.4 Å². The number of benzene rings is 3. The number of ether oxygens (including phenoxy) is 3. The molecule has 1 amide bonds. The van der Waals surface area contributed by atoms with Crippen molar-refractivity contribution in [3.8, 4) is 17.2 Å². The van der Waals surface area contributed by atoms with Crippen molar-refractivity contribution in [1.29, 1.82) is 0 Å². The van der Waals surface area contributed by atoms with E-state index in [0.717, 1.165) is 11.1 Å². The summed E-state index contributed by atoms with van der Waals surface area (Å²) in [6.45, 7) is 2.00. The van der Waals surface area contributed by atoms with Crippen LogP contribution in [0.2, 0.25) is 0 Å². The Kier molecular flexibility index (Phi) is 6.60. The van der Waals surface area contributed by atoms with Crippen LogP contribution in [0, 0.1) is 0 Å². The minimum absolute atomic E-state index is 0.0116. The predicted octanol–water partition coefficient (Wildman–Crippen LogP) is 4.68. The van der Waals surface area contributed by atoms with E-state index in [0.29, 0.717) is 30.1 Å². The summed E-state index contributed by atoms with van der Waals surface area (Å²) < 4.78 is 16.2. The molecule has 0 heterocycles. The van der Waals surface area contributed by atoms with Gasteiger partial charge in [-0.05, 0) is 47.4 Å². The lowest BCUT2D eigenvalue weighted by Gasteiger charge is -2.17. The zero-order valence-electron chi connectivity index (χ0n) is 17.3. The number of nitrogens with one attached hydrogen (secondary N) is 1. The van der Waals surface area contributed by atoms with Crippen LogP contribution in [0.1, 0.15) is 30.5 Å². The van der Waals surface area contributed by atoms with Gasteiger partial charge in [-0.3, -0.25) is 4.79 Å². The molecule has 0 fully saturated rings. The Balaban J connectivity index is 1.66. The fourth-order valence-electron chi connectivity index (χ4n) is 3.48. The minimum atomic E-state index is -0.0700. The number of fused-ring (bicyclic) bond motifs is 1. The maximum atomic E-state index is 12.5. The molecule has 3 aromatic rings. The lowest BCUT2D eigenvalue weighted by Crippen LogP contribution is -2.26. The van der Waals surface area contributed by atoms with Crippen molar-refractivity contribution in [1.82, 2.24) is 5.32 Å². The molecule has 152 valence electrons. The standard InChI is InChI=1S/C24H27NO4/c1-16(19-10-9-17-7-5-6-8-20(17)15-19)25-22(26)14-12-18-11-13-21(27-2)24(29-4)23(18)28-3/h5-11,13,15-16H,12,14H2,1-4H3,(H,25,26). The third-order valence-corrected chi connectivity index (χ3v) is 5.06. The summed E-state index contributed by atoms with van der Waals surface area (Å²) in [5.74, 6) is 1.73. The van der Waals surface area contributed by atoms with Gasteiger partial charge in [0.25, 0.3) is 0 Å². The van der Waals surface area contributed by atoms with Crippen LogP contribution in [0.25, 0.3) is 10.8 Å². The average molecular weight is 393 g/mol. The SMILES string of the molecule is COc1ccc(CCC(=O)NC(C)c2ccc3ccccc3c2)c(OC)c1OC. The molecule has 0 aliphatic rings. The van der Waals surface area contributed by atoms with Crippen LogP contribution in [0.5, 0.6) is 17.2 Å². The number of rotatable bonds is 8. The number of carbonyl (C=O) groups is 1. The molecule has 1 unspecified atom stereocenters. The molecule has 1 atom stereocenters. The molecule has 0 aliphatic carbocycles. The second-order valence-corrected chi connectivity index (χ2v) is 6.89. The zero-order chi connectivity index (χ0) is 20.8. The lowest BCUT2D eigenvalue weighted by molar-refractivity contribution is -0.121. The molecule has 5 heteroatoms. The molecule has 0 spiro atoms. The van der Waals surface area contributed by atoms with E-state index in [2.05, 4.69) is 35.6 Å². The van der Waals surface area contributed by atoms with Crippen molar-refractivity contribution in [2.45, 2.75) is 25.8 Å². The van der Waals surface area contributed by atoms with Crippen LogP contribution in [-0.2, 0) is 11.2 Å². The molecule has 0 saturated heterocycles. The number of hydrogen-bond acceptors (Lipinski definition) is 4. The predicted molar refractivity (Wildman–Crippen MR) is 115 cm³/mol. The molecular formula is C24H27NO4. The molecule has 3 rings (SSSR count). The highest BCUT2D eigenvalue weighted by Gasteiger charge is 2.17. The Morgan fingerprint density at radius 3 is 2.31 bits per heavy atom. The van der Waals surface area contributed by atoms with Crippen molar-refractivity contribution in [2.75, 3.05) is 21.3 Å². The van der Waals surface area contributed by atoms with Crippen molar-refractivity contribution >= 4 is 16.7 Å². The highest BCUT2D eigenvalue weighted by molar-refractivity contribution is 5.83. The van der Waals surface area contributed by atoms with E-state index in [1.165, 1.54) is 10.8 Å². The lowest BCUT2D eigenvalue weighted by atomic mass is 10.0. The van der Waals surface area contributed by atoms with E-state index in [4.69, 9.17) is 14.2 Å². The van der Waals surface area contributed by atoms with Gasteiger partial charge in [0.1, 0.15) is 0 Å². The first-order valence-corrected chi connectivity index (χ1v) is 9.63. The van der Waals surface area contributed by atoms with Crippen molar-refractivity contribution < 1.29 is 19.0 Å². The maximum Gasteiger partial charge on any atom is 0.220 e. The van der Waals surface area contributed by atoms with E-state index in [9.17, 15) is 4.79 Å². The first-order chi connectivity index (χ1) is 14.1. The Hall–Kier alpha value is -3.21. The summed E-state index contributed by atoms with van der Waals surface area (Å²) in [5.41, 5.74) is 1.99. The Labute approximate surface area is 171 Å². The van der Waals surface area contributed by atoms with Gasteiger partial charge in [0.2, 0.25) is 11.7 Å². The summed E-state index contributed by atoms with van der Waals surface area (Å²) in [5, 5.41) is 5.44. The van der Waals surface area contributed by atoms with Gasteiger partial charge in [0, 0.05) is 6.42 Å². The molecule has 0 radical (unpaired) electrons. The van der Waals surface area contributed by atoms with Crippen LogP contribution >= 0.6 is 0 Å². The average Bonchev–Trinajstić information content (AvgIpc) is 2.76. The molecular weight excluding hydrogens is 366 g/mol. The highest BCUT2D eigenvalue weighted by atomic mass is 16.5. The Bertz CT molecular complexity index is 999. The Morgan fingerprint density at radius 1 is 0.897 bits per heavy atom. The maximum absolute atomic E-state index is 12.5. The van der Waals surface area contributed by atoms with Crippen molar-refractivity contribution in [3.63, 3.8) is 0 Å². The largest absolute Gasteiger partial charge is 0.493 e. The van der Waals surface area contributed by atoms with Gasteiger partial charge in [-0.25, -0.2) is 0 Å². The second kappa shape index (κ2) is 9.32. The summed E-state index contributed by atoms with van der Waals surface area (Å²) in [6, 6.07) is 18.1. The summed E-state index contributed by atoms with van der Waals surface area (Å²) in [7, 11) is 4.74. The quantitative estimate of drug-likeness (QED) is 0.604. The number of hydrogen-bond donors (Lipinski definition) is 1. The van der Waals surface area contributed by atoms with Crippen molar-refractivity contribution in [2.24, 2.45) is 0 Å². The van der Waals surface area contributed by atoms with Crippen LogP contribution in [0.3, 0.4) is 0 Å². The van der Waals surface area contributed by atoms with Crippen LogP contribution in [0.4, 0.5) is 0 Å². The highest BCUT2D eigenvalue weighted by Crippen LogP contribution is 2.40. The molecule has 0 bridgehead atoms. The zero-order valence-corrected chi connectivity index (χ0v) is 17.3. The minimum Gasteiger partial charge on any atom is -0.493 e. The van der Waals surface area contributed by atoms with E-state index >= 15 is 0 Å². The molecule has 0 aliphatic heterocycles. The molecule has 29 heavy (non-hydrogen) atoms. The van der Waals surface area contributed by atoms with E-state index in [1.54, 1.807) is 21.3 Å². The normalized spacial score (nSPS) is 11.7. The van der Waals surface area contributed by atoms with E-state index in [1.807, 2.05) is 31.2 Å². The third-order valence-electron chi connectivity index (χ3n) is 5.06. The first-order valence-electron chi connectivity index (χ1n) is 9.63. The van der Waals surface area contributed by atoms with Gasteiger partial charge in [0.15, 0.2) is 11.5 Å². The first kappa shape index (κ1) is 20.5. The van der Waals surface area contributed by atoms with Crippen molar-refractivity contribution in [3.05, 3.63) is 65.7 Å². The smallest absolute Gasteiger partial charge is 0.220 e. The number of aryl methyl sites for hydroxylation is 1. The molecule has 0 saturated carbocycles. The number of carbonyl (C=O) groups excluding carboxylic acids is 1. The molecule has 1 N–H and O–H groups in total. The van der Waals surface area contributed by atoms with E-state index < -0.39 is 0 Å². The molecule has 3 aromatic carbocycles. The summed E-state index contributed by atoms with van der Waals surface area (Å²) in [4.78, 5) is 12.5. The van der Waals surface area contributed by atoms with E-state index in [-0.39, 0.29) is 11.9 Å². The van der Waals surface area contributed by atoms with Crippen LogP contribution < -0.4 is 19.5 Å². The van der Waals surface area contributed by atoms with Gasteiger partial charge in [-0.2, -0.15) is 0 Å². The van der Waals surface area contributed by atoms with Gasteiger partial charge >= 0.3 is 0 Å². The number of amides is 1. The topological polar surface area (TPSA) is 56.8 Å². The summed E-state index contributed by atoms with van der Waals surface area (Å²) in [6.07, 6.45) is 0.892. The Morgan fingerprint density at radius 2 is 1.62 bits per heavy atom. The third kappa shape index (κ3) is 4.62. The van der Waals surface area contributed by atoms with Gasteiger partial charge in [-0.1, -0.05) is 42.5 Å². The second-order valence-electron chi connectivity index (χ2n) is 6.89. The van der Waals surface area contributed by atoms with Gasteiger partial charge in [-0.15, -0.1) is 0 Å². The fraction of sp³-hybridized carbons (Fsp3) is 0.292. The van der Waals surface area contributed by atoms with Gasteiger partial charge < -0.3 is 19.5 Å². The molecule has 0 aromatic heterocycles. The fourth-order valence-corrected chi connectivity index (χ4v) is 3.48. The monoisotopic (exact) mass is 393 g/mol. The summed E-state index contributed by atoms with van der Waals surface area (Å²) >= 11 is 0. The van der Waals surface area contributed by atoms with Crippen LogP contribution in [0.15, 0.2) is 54.6 Å².